The maximum atomic E-state index is 4.69. The summed E-state index contributed by atoms with van der Waals surface area (Å²) >= 11 is 1.81. The summed E-state index contributed by atoms with van der Waals surface area (Å²) in [6.07, 6.45) is 3.67. The zero-order valence-corrected chi connectivity index (χ0v) is 9.73. The average Bonchev–Trinajstić information content (AvgIpc) is 2.69. The number of hydrogen-bond acceptors (Lipinski definition) is 3. The number of nitrogens with one attached hydrogen (secondary N) is 1. The van der Waals surface area contributed by atoms with E-state index in [0.717, 1.165) is 13.0 Å². The Hall–Kier alpha value is -0.410. The second kappa shape index (κ2) is 4.41. The molecular formula is C11H18N2S. The first-order valence-electron chi connectivity index (χ1n) is 5.43. The first-order chi connectivity index (χ1) is 6.75. The summed E-state index contributed by atoms with van der Waals surface area (Å²) in [6.45, 7) is 5.64. The Kier molecular flexibility index (Phi) is 3.19. The second-order valence-corrected chi connectivity index (χ2v) is 5.36. The van der Waals surface area contributed by atoms with Crippen molar-refractivity contribution < 1.29 is 0 Å². The van der Waals surface area contributed by atoms with Crippen LogP contribution in [0.25, 0.3) is 0 Å². The first-order valence-corrected chi connectivity index (χ1v) is 6.31. The van der Waals surface area contributed by atoms with Gasteiger partial charge in [0.2, 0.25) is 0 Å². The third-order valence-electron chi connectivity index (χ3n) is 2.57. The van der Waals surface area contributed by atoms with Crippen molar-refractivity contribution in [3.63, 3.8) is 0 Å². The molecule has 2 rings (SSSR count). The van der Waals surface area contributed by atoms with Crippen molar-refractivity contribution in [1.29, 1.82) is 0 Å². The van der Waals surface area contributed by atoms with Gasteiger partial charge in [0.25, 0.3) is 0 Å². The van der Waals surface area contributed by atoms with Crippen molar-refractivity contribution in [3.8, 4) is 0 Å². The van der Waals surface area contributed by atoms with Crippen LogP contribution in [0.4, 0.5) is 0 Å². The molecule has 1 N–H and O–H groups in total. The summed E-state index contributed by atoms with van der Waals surface area (Å²) in [5, 5.41) is 7.00. The van der Waals surface area contributed by atoms with Gasteiger partial charge in [0.05, 0.1) is 16.7 Å². The largest absolute Gasteiger partial charge is 0.309 e. The summed E-state index contributed by atoms with van der Waals surface area (Å²) in [7, 11) is 0. The van der Waals surface area contributed by atoms with Crippen molar-refractivity contribution >= 4 is 11.3 Å². The molecule has 0 saturated carbocycles. The average molecular weight is 210 g/mol. The molecule has 1 atom stereocenters. The van der Waals surface area contributed by atoms with Gasteiger partial charge in [0.1, 0.15) is 0 Å². The van der Waals surface area contributed by atoms with Crippen molar-refractivity contribution in [2.75, 3.05) is 6.54 Å². The Morgan fingerprint density at radius 2 is 2.50 bits per heavy atom. The lowest BCUT2D eigenvalue weighted by atomic mass is 10.1. The lowest BCUT2D eigenvalue weighted by Gasteiger charge is -2.05. The number of nitrogens with zero attached hydrogens (tertiary/aromatic N) is 1. The van der Waals surface area contributed by atoms with Crippen molar-refractivity contribution in [3.05, 3.63) is 16.1 Å². The minimum absolute atomic E-state index is 0.534. The highest BCUT2D eigenvalue weighted by Gasteiger charge is 2.18. The summed E-state index contributed by atoms with van der Waals surface area (Å²) in [5.41, 5.74) is 1.27. The molecule has 0 unspecified atom stereocenters. The molecule has 1 aromatic heterocycles. The highest BCUT2D eigenvalue weighted by molar-refractivity contribution is 7.09. The van der Waals surface area contributed by atoms with E-state index in [1.165, 1.54) is 23.5 Å². The van der Waals surface area contributed by atoms with Crippen LogP contribution in [0.2, 0.25) is 0 Å². The molecule has 1 saturated heterocycles. The molecule has 2 heterocycles. The predicted molar refractivity (Wildman–Crippen MR) is 60.6 cm³/mol. The monoisotopic (exact) mass is 210 g/mol. The van der Waals surface area contributed by atoms with Gasteiger partial charge in [-0.15, -0.1) is 11.3 Å². The van der Waals surface area contributed by atoms with Crippen LogP contribution in [-0.2, 0) is 6.42 Å². The lowest BCUT2D eigenvalue weighted by Crippen LogP contribution is -2.13. The Morgan fingerprint density at radius 3 is 3.14 bits per heavy atom. The smallest absolute Gasteiger partial charge is 0.0931 e. The Bertz CT molecular complexity index is 287. The SMILES string of the molecule is CC(C)Cc1nc([C@@H]2CCCN2)cs1. The molecule has 3 heteroatoms. The first kappa shape index (κ1) is 10.1. The molecule has 0 spiro atoms. The quantitative estimate of drug-likeness (QED) is 0.830. The summed E-state index contributed by atoms with van der Waals surface area (Å²) < 4.78 is 0. The number of aromatic nitrogens is 1. The maximum absolute atomic E-state index is 4.69. The molecule has 0 aromatic carbocycles. The van der Waals surface area contributed by atoms with Crippen LogP contribution in [0.15, 0.2) is 5.38 Å². The van der Waals surface area contributed by atoms with E-state index < -0.39 is 0 Å². The van der Waals surface area contributed by atoms with Crippen LogP contribution >= 0.6 is 11.3 Å². The molecule has 0 amide bonds. The minimum atomic E-state index is 0.534. The number of hydrogen-bond donors (Lipinski definition) is 1. The third kappa shape index (κ3) is 2.34. The number of thiazole rings is 1. The van der Waals surface area contributed by atoms with Crippen molar-refractivity contribution in [1.82, 2.24) is 10.3 Å². The van der Waals surface area contributed by atoms with Crippen LogP contribution < -0.4 is 5.32 Å². The van der Waals surface area contributed by atoms with Gasteiger partial charge in [-0.05, 0) is 25.3 Å². The van der Waals surface area contributed by atoms with Gasteiger partial charge in [0, 0.05) is 11.8 Å². The minimum Gasteiger partial charge on any atom is -0.309 e. The predicted octanol–water partition coefficient (Wildman–Crippen LogP) is 2.77. The third-order valence-corrected chi connectivity index (χ3v) is 3.46. The van der Waals surface area contributed by atoms with E-state index in [9.17, 15) is 0 Å². The van der Waals surface area contributed by atoms with Gasteiger partial charge >= 0.3 is 0 Å². The van der Waals surface area contributed by atoms with E-state index >= 15 is 0 Å². The van der Waals surface area contributed by atoms with Crippen LogP contribution in [0.3, 0.4) is 0 Å². The summed E-state index contributed by atoms with van der Waals surface area (Å²) in [5.74, 6) is 0.713. The van der Waals surface area contributed by atoms with Crippen LogP contribution in [0.1, 0.15) is 43.4 Å². The van der Waals surface area contributed by atoms with E-state index in [2.05, 4.69) is 29.5 Å². The van der Waals surface area contributed by atoms with Gasteiger partial charge < -0.3 is 5.32 Å². The molecule has 1 fully saturated rings. The lowest BCUT2D eigenvalue weighted by molar-refractivity contribution is 0.614. The normalized spacial score (nSPS) is 22.1. The molecule has 0 aliphatic carbocycles. The fourth-order valence-electron chi connectivity index (χ4n) is 1.87. The molecule has 14 heavy (non-hydrogen) atoms. The van der Waals surface area contributed by atoms with Crippen LogP contribution in [0.5, 0.6) is 0 Å². The van der Waals surface area contributed by atoms with Gasteiger partial charge in [-0.3, -0.25) is 0 Å². The standard InChI is InChI=1S/C11H18N2S/c1-8(2)6-11-13-10(7-14-11)9-4-3-5-12-9/h7-9,12H,3-6H2,1-2H3/t9-/m0/s1. The fourth-order valence-corrected chi connectivity index (χ4v) is 2.93. The molecule has 0 bridgehead atoms. The van der Waals surface area contributed by atoms with Gasteiger partial charge in [-0.1, -0.05) is 13.8 Å². The molecule has 2 nitrogen and oxygen atoms in total. The van der Waals surface area contributed by atoms with Gasteiger partial charge in [-0.25, -0.2) is 4.98 Å². The van der Waals surface area contributed by atoms with Crippen molar-refractivity contribution in [2.24, 2.45) is 5.92 Å². The highest BCUT2D eigenvalue weighted by Crippen LogP contribution is 2.25. The summed E-state index contributed by atoms with van der Waals surface area (Å²) in [6, 6.07) is 0.534. The van der Waals surface area contributed by atoms with Gasteiger partial charge in [0.15, 0.2) is 0 Å². The van der Waals surface area contributed by atoms with E-state index in [1.54, 1.807) is 0 Å². The van der Waals surface area contributed by atoms with Crippen LogP contribution in [-0.4, -0.2) is 11.5 Å². The molecule has 1 aliphatic rings. The van der Waals surface area contributed by atoms with E-state index in [4.69, 9.17) is 0 Å². The Morgan fingerprint density at radius 1 is 1.64 bits per heavy atom. The Balaban J connectivity index is 2.01. The topological polar surface area (TPSA) is 24.9 Å². The highest BCUT2D eigenvalue weighted by atomic mass is 32.1. The fraction of sp³-hybridized carbons (Fsp3) is 0.727. The van der Waals surface area contributed by atoms with E-state index in [1.807, 2.05) is 11.3 Å². The molecule has 1 aliphatic heterocycles. The zero-order chi connectivity index (χ0) is 9.97. The molecule has 78 valence electrons. The summed E-state index contributed by atoms with van der Waals surface area (Å²) in [4.78, 5) is 4.69. The van der Waals surface area contributed by atoms with Crippen LogP contribution in [0, 0.1) is 5.92 Å². The molecule has 1 aromatic rings. The van der Waals surface area contributed by atoms with E-state index in [0.29, 0.717) is 12.0 Å². The number of rotatable bonds is 3. The van der Waals surface area contributed by atoms with Crippen molar-refractivity contribution in [2.45, 2.75) is 39.2 Å². The Labute approximate surface area is 89.8 Å². The zero-order valence-electron chi connectivity index (χ0n) is 8.92. The maximum Gasteiger partial charge on any atom is 0.0931 e. The molecular weight excluding hydrogens is 192 g/mol. The van der Waals surface area contributed by atoms with E-state index in [-0.39, 0.29) is 0 Å². The second-order valence-electron chi connectivity index (χ2n) is 4.41. The van der Waals surface area contributed by atoms with Gasteiger partial charge in [-0.2, -0.15) is 0 Å². The molecule has 0 radical (unpaired) electrons.